The maximum Gasteiger partial charge on any atom is 0.229 e. The number of fused-ring (bicyclic) bond motifs is 1. The third kappa shape index (κ3) is 4.90. The lowest BCUT2D eigenvalue weighted by Gasteiger charge is -2.39. The number of benzene rings is 2. The van der Waals surface area contributed by atoms with Crippen LogP contribution in [0, 0.1) is 0 Å². The van der Waals surface area contributed by atoms with E-state index in [0.29, 0.717) is 11.1 Å². The van der Waals surface area contributed by atoms with Crippen LogP contribution in [0.5, 0.6) is 34.5 Å². The Morgan fingerprint density at radius 2 is 1.16 bits per heavy atom. The predicted molar refractivity (Wildman–Crippen MR) is 142 cm³/mol. The third-order valence-electron chi connectivity index (χ3n) is 8.23. The summed E-state index contributed by atoms with van der Waals surface area (Å²) in [6, 6.07) is 5.87. The molecule has 238 valence electrons. The van der Waals surface area contributed by atoms with Crippen molar-refractivity contribution >= 4 is 0 Å². The summed E-state index contributed by atoms with van der Waals surface area (Å²) in [6.07, 6.45) is -9.91. The average molecular weight is 613 g/mol. The zero-order valence-corrected chi connectivity index (χ0v) is 23.9. The first kappa shape index (κ1) is 31.3. The minimum Gasteiger partial charge on any atom is -0.502 e. The molecule has 7 N–H and O–H groups in total. The van der Waals surface area contributed by atoms with Crippen LogP contribution in [0.3, 0.4) is 0 Å². The fourth-order valence-corrected chi connectivity index (χ4v) is 5.81. The quantitative estimate of drug-likeness (QED) is 0.179. The standard InChI is InChI=1S/C28H36O15/c1-36-14-5-12(6-15(37-2)19(14)30)24-27(34)10-41-25(28(27,35)11-40-24)13-7-16(38-3)23(17(8-13)39-4)43-26-22(33)21(32)20(31)18(9-29)42-26/h5-8,18,20-22,24-26,29-35H,9-11H2,1-4H3/t18-,20-,21+,22-,24-,25-,26+,27+,28+/m1/s1. The van der Waals surface area contributed by atoms with E-state index in [1.54, 1.807) is 0 Å². The minimum atomic E-state index is -1.97. The van der Waals surface area contributed by atoms with Gasteiger partial charge in [0.1, 0.15) is 36.6 Å². The molecule has 2 aromatic carbocycles. The van der Waals surface area contributed by atoms with Gasteiger partial charge >= 0.3 is 0 Å². The zero-order valence-electron chi connectivity index (χ0n) is 23.9. The first-order valence-corrected chi connectivity index (χ1v) is 13.3. The SMILES string of the molecule is COc1cc([C@H]2OC[C@]3(O)[C@@H](c4cc(OC)c(O[C@@H]5O[C@H](CO)[C@@H](O)[C@H](O)[C@H]5O)c(OC)c4)OC[C@]23O)cc(OC)c1O. The third-order valence-corrected chi connectivity index (χ3v) is 8.23. The van der Waals surface area contributed by atoms with E-state index in [2.05, 4.69) is 0 Å². The van der Waals surface area contributed by atoms with Crippen molar-refractivity contribution in [2.45, 2.75) is 54.1 Å². The lowest BCUT2D eigenvalue weighted by atomic mass is 9.77. The van der Waals surface area contributed by atoms with Crippen LogP contribution in [-0.4, -0.2) is 126 Å². The number of methoxy groups -OCH3 is 4. The molecule has 3 aliphatic heterocycles. The predicted octanol–water partition coefficient (Wildman–Crippen LogP) is -1.09. The molecule has 0 saturated carbocycles. The summed E-state index contributed by atoms with van der Waals surface area (Å²) in [5.74, 6) is -0.0226. The summed E-state index contributed by atoms with van der Waals surface area (Å²) in [4.78, 5) is 0. The molecule has 0 amide bonds. The molecule has 9 atom stereocenters. The Labute approximate surface area is 246 Å². The maximum absolute atomic E-state index is 11.9. The molecule has 3 aliphatic rings. The van der Waals surface area contributed by atoms with Crippen LogP contribution in [0.2, 0.25) is 0 Å². The van der Waals surface area contributed by atoms with Crippen molar-refractivity contribution in [3.05, 3.63) is 35.4 Å². The molecule has 0 aromatic heterocycles. The van der Waals surface area contributed by atoms with Crippen LogP contribution < -0.4 is 23.7 Å². The summed E-state index contributed by atoms with van der Waals surface area (Å²) in [6.45, 7) is -1.32. The Morgan fingerprint density at radius 1 is 0.721 bits per heavy atom. The van der Waals surface area contributed by atoms with Crippen molar-refractivity contribution < 1.29 is 73.6 Å². The molecule has 15 nitrogen and oxygen atoms in total. The van der Waals surface area contributed by atoms with Crippen LogP contribution >= 0.6 is 0 Å². The van der Waals surface area contributed by atoms with E-state index in [-0.39, 0.29) is 47.7 Å². The number of aromatic hydroxyl groups is 1. The normalized spacial score (nSPS) is 35.3. The number of aliphatic hydroxyl groups is 6. The second kappa shape index (κ2) is 11.8. The highest BCUT2D eigenvalue weighted by Crippen LogP contribution is 2.58. The van der Waals surface area contributed by atoms with Gasteiger partial charge in [0.2, 0.25) is 17.8 Å². The van der Waals surface area contributed by atoms with E-state index in [1.165, 1.54) is 52.7 Å². The molecule has 0 unspecified atom stereocenters. The van der Waals surface area contributed by atoms with E-state index in [4.69, 9.17) is 37.9 Å². The van der Waals surface area contributed by atoms with Gasteiger partial charge in [-0.2, -0.15) is 0 Å². The molecule has 0 bridgehead atoms. The van der Waals surface area contributed by atoms with Crippen molar-refractivity contribution in [1.82, 2.24) is 0 Å². The van der Waals surface area contributed by atoms with E-state index in [1.807, 2.05) is 0 Å². The second-order valence-corrected chi connectivity index (χ2v) is 10.6. The Kier molecular flexibility index (Phi) is 8.56. The average Bonchev–Trinajstić information content (AvgIpc) is 3.43. The van der Waals surface area contributed by atoms with Gasteiger partial charge in [0, 0.05) is 0 Å². The van der Waals surface area contributed by atoms with Gasteiger partial charge in [0.15, 0.2) is 34.2 Å². The molecule has 3 heterocycles. The van der Waals surface area contributed by atoms with Gasteiger partial charge in [-0.25, -0.2) is 0 Å². The molecule has 43 heavy (non-hydrogen) atoms. The van der Waals surface area contributed by atoms with Crippen LogP contribution in [0.1, 0.15) is 23.3 Å². The summed E-state index contributed by atoms with van der Waals surface area (Å²) >= 11 is 0. The molecule has 2 aromatic rings. The number of phenolic OH excluding ortho intramolecular Hbond substituents is 1. The Balaban J connectivity index is 1.47. The van der Waals surface area contributed by atoms with Gasteiger partial charge in [0.05, 0.1) is 48.3 Å². The lowest BCUT2D eigenvalue weighted by molar-refractivity contribution is -0.277. The van der Waals surface area contributed by atoms with Crippen LogP contribution in [-0.2, 0) is 14.2 Å². The first-order chi connectivity index (χ1) is 20.5. The smallest absolute Gasteiger partial charge is 0.229 e. The highest BCUT2D eigenvalue weighted by molar-refractivity contribution is 5.56. The number of hydrogen-bond acceptors (Lipinski definition) is 15. The molecule has 0 aliphatic carbocycles. The van der Waals surface area contributed by atoms with Crippen molar-refractivity contribution in [3.63, 3.8) is 0 Å². The molecule has 3 saturated heterocycles. The van der Waals surface area contributed by atoms with Crippen molar-refractivity contribution in [2.75, 3.05) is 48.3 Å². The number of phenols is 1. The second-order valence-electron chi connectivity index (χ2n) is 10.6. The minimum absolute atomic E-state index is 0.0532. The topological polar surface area (TPSA) is 215 Å². The molecule has 5 rings (SSSR count). The van der Waals surface area contributed by atoms with Crippen molar-refractivity contribution in [3.8, 4) is 34.5 Å². The van der Waals surface area contributed by atoms with Gasteiger partial charge < -0.3 is 73.6 Å². The summed E-state index contributed by atoms with van der Waals surface area (Å²) < 4.78 is 44.6. The summed E-state index contributed by atoms with van der Waals surface area (Å²) in [5.41, 5.74) is -3.23. The number of ether oxygens (including phenoxy) is 8. The van der Waals surface area contributed by atoms with E-state index in [9.17, 15) is 35.7 Å². The van der Waals surface area contributed by atoms with Crippen LogP contribution in [0.15, 0.2) is 24.3 Å². The van der Waals surface area contributed by atoms with Gasteiger partial charge in [-0.3, -0.25) is 0 Å². The fraction of sp³-hybridized carbons (Fsp3) is 0.571. The molecule has 0 radical (unpaired) electrons. The van der Waals surface area contributed by atoms with Crippen molar-refractivity contribution in [2.24, 2.45) is 0 Å². The zero-order chi connectivity index (χ0) is 31.3. The van der Waals surface area contributed by atoms with E-state index in [0.717, 1.165) is 0 Å². The van der Waals surface area contributed by atoms with Crippen molar-refractivity contribution in [1.29, 1.82) is 0 Å². The van der Waals surface area contributed by atoms with E-state index < -0.39 is 60.7 Å². The first-order valence-electron chi connectivity index (χ1n) is 13.3. The van der Waals surface area contributed by atoms with Gasteiger partial charge in [-0.1, -0.05) is 0 Å². The highest BCUT2D eigenvalue weighted by Gasteiger charge is 2.69. The maximum atomic E-state index is 11.9. The van der Waals surface area contributed by atoms with Gasteiger partial charge in [0.25, 0.3) is 0 Å². The Morgan fingerprint density at radius 3 is 1.58 bits per heavy atom. The summed E-state index contributed by atoms with van der Waals surface area (Å²) in [7, 11) is 5.39. The van der Waals surface area contributed by atoms with Crippen LogP contribution in [0.4, 0.5) is 0 Å². The molecule has 3 fully saturated rings. The van der Waals surface area contributed by atoms with Crippen LogP contribution in [0.25, 0.3) is 0 Å². The monoisotopic (exact) mass is 612 g/mol. The lowest BCUT2D eigenvalue weighted by Crippen LogP contribution is -2.60. The van der Waals surface area contributed by atoms with Gasteiger partial charge in [-0.05, 0) is 35.4 Å². The van der Waals surface area contributed by atoms with Gasteiger partial charge in [-0.15, -0.1) is 0 Å². The molecular formula is C28H36O15. The molecule has 15 heteroatoms. The number of aliphatic hydroxyl groups excluding tert-OH is 4. The molecule has 0 spiro atoms. The number of rotatable bonds is 9. The molecular weight excluding hydrogens is 576 g/mol. The number of hydrogen-bond donors (Lipinski definition) is 7. The highest BCUT2D eigenvalue weighted by atomic mass is 16.7. The Bertz CT molecular complexity index is 1270. The summed E-state index contributed by atoms with van der Waals surface area (Å²) in [5, 5.41) is 74.3. The Hall–Kier alpha value is -3.12. The van der Waals surface area contributed by atoms with E-state index >= 15 is 0 Å². The largest absolute Gasteiger partial charge is 0.502 e. The fourth-order valence-electron chi connectivity index (χ4n) is 5.81.